The van der Waals surface area contributed by atoms with Gasteiger partial charge in [0, 0.05) is 11.4 Å². The number of para-hydroxylation sites is 1. The number of amides is 1. The molecule has 6 nitrogen and oxygen atoms in total. The highest BCUT2D eigenvalue weighted by molar-refractivity contribution is 6.12. The minimum Gasteiger partial charge on any atom is -0.504 e. The highest BCUT2D eigenvalue weighted by atomic mass is 16.5. The van der Waals surface area contributed by atoms with E-state index in [1.165, 1.54) is 7.11 Å². The van der Waals surface area contributed by atoms with Gasteiger partial charge in [-0.25, -0.2) is 0 Å². The Balaban J connectivity index is 1.83. The number of rotatable bonds is 4. The van der Waals surface area contributed by atoms with Crippen molar-refractivity contribution in [2.24, 2.45) is 0 Å². The number of methoxy groups -OCH3 is 2. The number of phenols is 1. The second kappa shape index (κ2) is 7.15. The van der Waals surface area contributed by atoms with Gasteiger partial charge in [-0.1, -0.05) is 18.2 Å². The van der Waals surface area contributed by atoms with Gasteiger partial charge in [0.1, 0.15) is 11.9 Å². The van der Waals surface area contributed by atoms with E-state index in [4.69, 9.17) is 9.47 Å². The Bertz CT molecular complexity index is 1020. The van der Waals surface area contributed by atoms with Gasteiger partial charge >= 0.3 is 0 Å². The van der Waals surface area contributed by atoms with Crippen molar-refractivity contribution in [1.29, 1.82) is 0 Å². The van der Waals surface area contributed by atoms with Crippen LogP contribution < -0.4 is 19.7 Å². The first kappa shape index (κ1) is 17.7. The van der Waals surface area contributed by atoms with Crippen molar-refractivity contribution in [2.45, 2.75) is 6.17 Å². The standard InChI is InChI=1S/C22H20N2O4/c1-27-16-10-8-15(9-11-16)24-21(14-7-12-20(28-2)19(25)13-14)23-18-6-4-3-5-17(18)22(24)26/h3-13,21,23,25H,1-2H3/t21-/m1/s1. The molecule has 1 heterocycles. The lowest BCUT2D eigenvalue weighted by atomic mass is 10.0. The fraction of sp³-hybridized carbons (Fsp3) is 0.136. The number of carbonyl (C=O) groups is 1. The third-order valence-corrected chi connectivity index (χ3v) is 4.80. The maximum absolute atomic E-state index is 13.3. The Hall–Kier alpha value is -3.67. The molecule has 4 rings (SSSR count). The minimum atomic E-state index is -0.493. The van der Waals surface area contributed by atoms with Gasteiger partial charge in [0.25, 0.3) is 5.91 Å². The van der Waals surface area contributed by atoms with E-state index in [1.54, 1.807) is 30.2 Å². The molecule has 142 valence electrons. The average Bonchev–Trinajstić information content (AvgIpc) is 2.74. The molecule has 0 aromatic heterocycles. The van der Waals surface area contributed by atoms with Crippen LogP contribution in [0.25, 0.3) is 0 Å². The number of benzene rings is 3. The Morgan fingerprint density at radius 1 is 0.964 bits per heavy atom. The Kier molecular flexibility index (Phi) is 4.53. The van der Waals surface area contributed by atoms with Gasteiger partial charge in [-0.2, -0.15) is 0 Å². The molecule has 3 aromatic rings. The Labute approximate surface area is 162 Å². The van der Waals surface area contributed by atoms with Gasteiger partial charge < -0.3 is 19.9 Å². The summed E-state index contributed by atoms with van der Waals surface area (Å²) in [5.41, 5.74) is 2.79. The van der Waals surface area contributed by atoms with E-state index >= 15 is 0 Å². The first-order valence-electron chi connectivity index (χ1n) is 8.82. The Morgan fingerprint density at radius 3 is 2.39 bits per heavy atom. The van der Waals surface area contributed by atoms with Crippen LogP contribution in [0.3, 0.4) is 0 Å². The highest BCUT2D eigenvalue weighted by Gasteiger charge is 2.34. The maximum Gasteiger partial charge on any atom is 0.262 e. The summed E-state index contributed by atoms with van der Waals surface area (Å²) < 4.78 is 10.4. The van der Waals surface area contributed by atoms with Crippen molar-refractivity contribution in [3.8, 4) is 17.2 Å². The first-order chi connectivity index (χ1) is 13.6. The van der Waals surface area contributed by atoms with Crippen LogP contribution in [-0.4, -0.2) is 25.2 Å². The fourth-order valence-corrected chi connectivity index (χ4v) is 3.37. The molecule has 3 aromatic carbocycles. The molecule has 0 spiro atoms. The highest BCUT2D eigenvalue weighted by Crippen LogP contribution is 2.39. The molecule has 1 aliphatic rings. The summed E-state index contributed by atoms with van der Waals surface area (Å²) in [6, 6.07) is 19.8. The topological polar surface area (TPSA) is 71.0 Å². The third kappa shape index (κ3) is 2.99. The lowest BCUT2D eigenvalue weighted by Gasteiger charge is -2.38. The van der Waals surface area contributed by atoms with E-state index < -0.39 is 6.17 Å². The van der Waals surface area contributed by atoms with Crippen LogP contribution in [-0.2, 0) is 0 Å². The molecular formula is C22H20N2O4. The average molecular weight is 376 g/mol. The largest absolute Gasteiger partial charge is 0.504 e. The van der Waals surface area contributed by atoms with Gasteiger partial charge in [-0.05, 0) is 54.1 Å². The molecule has 1 aliphatic heterocycles. The molecule has 0 bridgehead atoms. The zero-order valence-corrected chi connectivity index (χ0v) is 15.5. The number of fused-ring (bicyclic) bond motifs is 1. The zero-order chi connectivity index (χ0) is 19.7. The molecular weight excluding hydrogens is 356 g/mol. The third-order valence-electron chi connectivity index (χ3n) is 4.80. The molecule has 2 N–H and O–H groups in total. The summed E-state index contributed by atoms with van der Waals surface area (Å²) >= 11 is 0. The van der Waals surface area contributed by atoms with Gasteiger partial charge in [0.15, 0.2) is 11.5 Å². The molecule has 0 aliphatic carbocycles. The van der Waals surface area contributed by atoms with Gasteiger partial charge in [-0.15, -0.1) is 0 Å². The summed E-state index contributed by atoms with van der Waals surface area (Å²) in [4.78, 5) is 15.0. The summed E-state index contributed by atoms with van der Waals surface area (Å²) in [6.45, 7) is 0. The molecule has 6 heteroatoms. The van der Waals surface area contributed by atoms with Crippen molar-refractivity contribution in [2.75, 3.05) is 24.4 Å². The number of aromatic hydroxyl groups is 1. The van der Waals surface area contributed by atoms with Crippen LogP contribution in [0.2, 0.25) is 0 Å². The van der Waals surface area contributed by atoms with E-state index in [0.29, 0.717) is 22.7 Å². The van der Waals surface area contributed by atoms with Crippen LogP contribution in [0.5, 0.6) is 17.2 Å². The van der Waals surface area contributed by atoms with Crippen molar-refractivity contribution in [3.05, 3.63) is 77.9 Å². The van der Waals surface area contributed by atoms with Crippen molar-refractivity contribution < 1.29 is 19.4 Å². The second-order valence-corrected chi connectivity index (χ2v) is 6.40. The fourth-order valence-electron chi connectivity index (χ4n) is 3.37. The van der Waals surface area contributed by atoms with Crippen LogP contribution in [0.1, 0.15) is 22.1 Å². The number of nitrogens with zero attached hydrogens (tertiary/aromatic N) is 1. The number of phenolic OH excluding ortho intramolecular Hbond substituents is 1. The van der Waals surface area contributed by atoms with E-state index in [1.807, 2.05) is 48.5 Å². The summed E-state index contributed by atoms with van der Waals surface area (Å²) in [5.74, 6) is 0.977. The van der Waals surface area contributed by atoms with Crippen molar-refractivity contribution in [3.63, 3.8) is 0 Å². The predicted molar refractivity (Wildman–Crippen MR) is 107 cm³/mol. The number of nitrogens with one attached hydrogen (secondary N) is 1. The number of ether oxygens (including phenoxy) is 2. The number of hydrogen-bond donors (Lipinski definition) is 2. The molecule has 1 amide bonds. The summed E-state index contributed by atoms with van der Waals surface area (Å²) in [7, 11) is 3.10. The summed E-state index contributed by atoms with van der Waals surface area (Å²) in [6.07, 6.45) is -0.493. The monoisotopic (exact) mass is 376 g/mol. The maximum atomic E-state index is 13.3. The lowest BCUT2D eigenvalue weighted by Crippen LogP contribution is -2.43. The summed E-state index contributed by atoms with van der Waals surface area (Å²) in [5, 5.41) is 13.6. The SMILES string of the molecule is COc1ccc(N2C(=O)c3ccccc3N[C@H]2c2ccc(OC)c(O)c2)cc1. The van der Waals surface area contributed by atoms with Crippen molar-refractivity contribution >= 4 is 17.3 Å². The van der Waals surface area contributed by atoms with E-state index in [9.17, 15) is 9.90 Å². The van der Waals surface area contributed by atoms with E-state index in [2.05, 4.69) is 5.32 Å². The lowest BCUT2D eigenvalue weighted by molar-refractivity contribution is 0.0975. The van der Waals surface area contributed by atoms with Gasteiger partial charge in [-0.3, -0.25) is 9.69 Å². The molecule has 1 atom stereocenters. The predicted octanol–water partition coefficient (Wildman–Crippen LogP) is 4.18. The van der Waals surface area contributed by atoms with E-state index in [0.717, 1.165) is 11.3 Å². The van der Waals surface area contributed by atoms with Gasteiger partial charge in [0.2, 0.25) is 0 Å². The Morgan fingerprint density at radius 2 is 1.71 bits per heavy atom. The first-order valence-corrected chi connectivity index (χ1v) is 8.82. The normalized spacial score (nSPS) is 15.6. The zero-order valence-electron chi connectivity index (χ0n) is 15.5. The molecule has 0 fully saturated rings. The molecule has 28 heavy (non-hydrogen) atoms. The molecule has 0 radical (unpaired) electrons. The number of anilines is 2. The number of carbonyl (C=O) groups excluding carboxylic acids is 1. The van der Waals surface area contributed by atoms with Crippen LogP contribution >= 0.6 is 0 Å². The minimum absolute atomic E-state index is 0.0165. The molecule has 0 saturated carbocycles. The second-order valence-electron chi connectivity index (χ2n) is 6.40. The quantitative estimate of drug-likeness (QED) is 0.715. The van der Waals surface area contributed by atoms with Crippen LogP contribution in [0.4, 0.5) is 11.4 Å². The van der Waals surface area contributed by atoms with Crippen LogP contribution in [0.15, 0.2) is 66.7 Å². The van der Waals surface area contributed by atoms with E-state index in [-0.39, 0.29) is 11.7 Å². The molecule has 0 unspecified atom stereocenters. The number of hydrogen-bond acceptors (Lipinski definition) is 5. The smallest absolute Gasteiger partial charge is 0.262 e. The molecule has 0 saturated heterocycles. The van der Waals surface area contributed by atoms with Crippen LogP contribution in [0, 0.1) is 0 Å². The van der Waals surface area contributed by atoms with Crippen molar-refractivity contribution in [1.82, 2.24) is 0 Å². The van der Waals surface area contributed by atoms with Gasteiger partial charge in [0.05, 0.1) is 19.8 Å².